The highest BCUT2D eigenvalue weighted by atomic mass is 32.1. The van der Waals surface area contributed by atoms with Crippen LogP contribution in [-0.4, -0.2) is 24.5 Å². The van der Waals surface area contributed by atoms with Gasteiger partial charge in [-0.25, -0.2) is 4.98 Å². The number of nitrogens with one attached hydrogen (secondary N) is 1. The molecule has 114 valence electrons. The fourth-order valence-corrected chi connectivity index (χ4v) is 2.99. The zero-order valence-electron chi connectivity index (χ0n) is 12.5. The zero-order valence-corrected chi connectivity index (χ0v) is 13.3. The van der Waals surface area contributed by atoms with E-state index in [4.69, 9.17) is 5.26 Å². The lowest BCUT2D eigenvalue weighted by Gasteiger charge is -2.17. The van der Waals surface area contributed by atoms with Crippen LogP contribution in [0, 0.1) is 11.3 Å². The third-order valence-corrected chi connectivity index (χ3v) is 4.28. The Morgan fingerprint density at radius 2 is 2.22 bits per heavy atom. The number of carbonyl (C=O) groups excluding carboxylic acids is 1. The van der Waals surface area contributed by atoms with Crippen molar-refractivity contribution in [3.05, 3.63) is 53.5 Å². The smallest absolute Gasteiger partial charge is 0.243 e. The van der Waals surface area contributed by atoms with Crippen LogP contribution < -0.4 is 10.2 Å². The van der Waals surface area contributed by atoms with Gasteiger partial charge in [0.05, 0.1) is 12.1 Å². The molecule has 6 heteroatoms. The molecule has 23 heavy (non-hydrogen) atoms. The second kappa shape index (κ2) is 6.46. The Balaban J connectivity index is 1.64. The maximum absolute atomic E-state index is 12.2. The van der Waals surface area contributed by atoms with Gasteiger partial charge < -0.3 is 10.2 Å². The highest BCUT2D eigenvalue weighted by molar-refractivity contribution is 7.17. The van der Waals surface area contributed by atoms with Gasteiger partial charge in [0.2, 0.25) is 5.91 Å². The van der Waals surface area contributed by atoms with Gasteiger partial charge >= 0.3 is 0 Å². The van der Waals surface area contributed by atoms with Gasteiger partial charge in [0.15, 0.2) is 0 Å². The van der Waals surface area contributed by atoms with Gasteiger partial charge in [0, 0.05) is 23.6 Å². The Bertz CT molecular complexity index is 879. The fraction of sp³-hybridized carbons (Fsp3) is 0.118. The van der Waals surface area contributed by atoms with E-state index < -0.39 is 0 Å². The molecule has 1 amide bonds. The lowest BCUT2D eigenvalue weighted by Crippen LogP contribution is -2.30. The van der Waals surface area contributed by atoms with Gasteiger partial charge in [0.25, 0.3) is 0 Å². The first-order valence-electron chi connectivity index (χ1n) is 7.00. The third kappa shape index (κ3) is 3.47. The predicted molar refractivity (Wildman–Crippen MR) is 92.7 cm³/mol. The minimum atomic E-state index is -0.117. The molecule has 0 radical (unpaired) electrons. The van der Waals surface area contributed by atoms with E-state index >= 15 is 0 Å². The number of aromatic nitrogens is 1. The van der Waals surface area contributed by atoms with Crippen molar-refractivity contribution in [3.63, 3.8) is 0 Å². The van der Waals surface area contributed by atoms with Crippen LogP contribution in [0.2, 0.25) is 0 Å². The molecule has 0 bridgehead atoms. The molecular formula is C17H14N4OS. The van der Waals surface area contributed by atoms with E-state index in [1.165, 1.54) is 10.9 Å². The monoisotopic (exact) mass is 322 g/mol. The summed E-state index contributed by atoms with van der Waals surface area (Å²) < 4.78 is 1.20. The summed E-state index contributed by atoms with van der Waals surface area (Å²) in [5, 5.41) is 14.8. The molecule has 1 aromatic carbocycles. The quantitative estimate of drug-likeness (QED) is 0.800. The van der Waals surface area contributed by atoms with Gasteiger partial charge in [-0.15, -0.1) is 11.3 Å². The number of fused-ring (bicyclic) bond motifs is 1. The van der Waals surface area contributed by atoms with E-state index in [-0.39, 0.29) is 12.5 Å². The van der Waals surface area contributed by atoms with Crippen LogP contribution in [0.4, 0.5) is 11.5 Å². The van der Waals surface area contributed by atoms with Crippen molar-refractivity contribution in [2.75, 3.05) is 23.8 Å². The summed E-state index contributed by atoms with van der Waals surface area (Å²) in [7, 11) is 1.79. The molecule has 3 aromatic rings. The Morgan fingerprint density at radius 3 is 2.96 bits per heavy atom. The average molecular weight is 322 g/mol. The summed E-state index contributed by atoms with van der Waals surface area (Å²) in [5.41, 5.74) is 1.28. The number of rotatable bonds is 4. The van der Waals surface area contributed by atoms with Gasteiger partial charge in [-0.2, -0.15) is 5.26 Å². The van der Waals surface area contributed by atoms with E-state index in [1.54, 1.807) is 35.4 Å². The molecule has 0 atom stereocenters. The lowest BCUT2D eigenvalue weighted by atomic mass is 10.2. The fourth-order valence-electron chi connectivity index (χ4n) is 2.22. The Labute approximate surface area is 137 Å². The number of thiophene rings is 1. The van der Waals surface area contributed by atoms with Crippen LogP contribution in [0.1, 0.15) is 5.56 Å². The number of amides is 1. The van der Waals surface area contributed by atoms with Crippen LogP contribution in [-0.2, 0) is 4.79 Å². The second-order valence-corrected chi connectivity index (χ2v) is 6.04. The number of carbonyl (C=O) groups is 1. The van der Waals surface area contributed by atoms with Crippen molar-refractivity contribution in [1.29, 1.82) is 5.26 Å². The Hall–Kier alpha value is -2.91. The summed E-state index contributed by atoms with van der Waals surface area (Å²) in [6.07, 6.45) is 1.49. The van der Waals surface area contributed by atoms with Crippen LogP contribution in [0.5, 0.6) is 0 Å². The minimum Gasteiger partial charge on any atom is -0.350 e. The van der Waals surface area contributed by atoms with Crippen LogP contribution >= 0.6 is 11.3 Å². The number of hydrogen-bond donors (Lipinski definition) is 1. The first-order valence-corrected chi connectivity index (χ1v) is 7.88. The van der Waals surface area contributed by atoms with Crippen molar-refractivity contribution in [1.82, 2.24) is 4.98 Å². The first-order chi connectivity index (χ1) is 11.2. The van der Waals surface area contributed by atoms with Gasteiger partial charge in [-0.05, 0) is 47.2 Å². The number of nitrogens with zero attached hydrogens (tertiary/aromatic N) is 3. The standard InChI is InChI=1S/C17H14N4OS/c1-21(16-5-2-12(9-18)10-19-16)11-17(22)20-14-3-4-15-13(8-14)6-7-23-15/h2-8,10H,11H2,1H3,(H,20,22). The van der Waals surface area contributed by atoms with E-state index in [0.717, 1.165) is 11.1 Å². The molecule has 2 aromatic heterocycles. The van der Waals surface area contributed by atoms with Gasteiger partial charge in [0.1, 0.15) is 11.9 Å². The molecule has 2 heterocycles. The second-order valence-electron chi connectivity index (χ2n) is 5.09. The van der Waals surface area contributed by atoms with E-state index in [1.807, 2.05) is 35.7 Å². The highest BCUT2D eigenvalue weighted by Crippen LogP contribution is 2.24. The van der Waals surface area contributed by atoms with Gasteiger partial charge in [-0.1, -0.05) is 0 Å². The van der Waals surface area contributed by atoms with Crippen LogP contribution in [0.3, 0.4) is 0 Å². The normalized spacial score (nSPS) is 10.3. The number of hydrogen-bond acceptors (Lipinski definition) is 5. The maximum atomic E-state index is 12.2. The van der Waals surface area contributed by atoms with Gasteiger partial charge in [-0.3, -0.25) is 4.79 Å². The molecule has 0 unspecified atom stereocenters. The summed E-state index contributed by atoms with van der Waals surface area (Å²) in [6, 6.07) is 13.3. The molecule has 5 nitrogen and oxygen atoms in total. The SMILES string of the molecule is CN(CC(=O)Nc1ccc2sccc2c1)c1ccc(C#N)cn1. The molecule has 3 rings (SSSR count). The molecule has 0 aliphatic carbocycles. The minimum absolute atomic E-state index is 0.117. The molecule has 0 saturated heterocycles. The van der Waals surface area contributed by atoms with E-state index in [2.05, 4.69) is 10.3 Å². The van der Waals surface area contributed by atoms with E-state index in [0.29, 0.717) is 11.4 Å². The average Bonchev–Trinajstić information content (AvgIpc) is 3.02. The number of nitriles is 1. The van der Waals surface area contributed by atoms with Crippen LogP contribution in [0.25, 0.3) is 10.1 Å². The largest absolute Gasteiger partial charge is 0.350 e. The summed E-state index contributed by atoms with van der Waals surface area (Å²) in [4.78, 5) is 18.1. The number of likely N-dealkylation sites (N-methyl/N-ethyl adjacent to an activating group) is 1. The summed E-state index contributed by atoms with van der Waals surface area (Å²) in [5.74, 6) is 0.528. The Morgan fingerprint density at radius 1 is 1.35 bits per heavy atom. The number of benzene rings is 1. The van der Waals surface area contributed by atoms with Crippen molar-refractivity contribution in [2.24, 2.45) is 0 Å². The van der Waals surface area contributed by atoms with Crippen molar-refractivity contribution in [2.45, 2.75) is 0 Å². The molecule has 0 fully saturated rings. The van der Waals surface area contributed by atoms with E-state index in [9.17, 15) is 4.79 Å². The highest BCUT2D eigenvalue weighted by Gasteiger charge is 2.09. The molecule has 0 aliphatic heterocycles. The number of anilines is 2. The Kier molecular flexibility index (Phi) is 4.22. The zero-order chi connectivity index (χ0) is 16.2. The molecule has 1 N–H and O–H groups in total. The third-order valence-electron chi connectivity index (χ3n) is 3.38. The molecule has 0 saturated carbocycles. The first kappa shape index (κ1) is 15.0. The topological polar surface area (TPSA) is 69.0 Å². The van der Waals surface area contributed by atoms with Crippen LogP contribution in [0.15, 0.2) is 48.0 Å². The lowest BCUT2D eigenvalue weighted by molar-refractivity contribution is -0.114. The maximum Gasteiger partial charge on any atom is 0.243 e. The van der Waals surface area contributed by atoms with Crippen molar-refractivity contribution in [3.8, 4) is 6.07 Å². The molecule has 0 spiro atoms. The summed E-state index contributed by atoms with van der Waals surface area (Å²) >= 11 is 1.67. The molecular weight excluding hydrogens is 308 g/mol. The molecule has 0 aliphatic rings. The van der Waals surface area contributed by atoms with Crippen molar-refractivity contribution < 1.29 is 4.79 Å². The number of pyridine rings is 1. The summed E-state index contributed by atoms with van der Waals surface area (Å²) in [6.45, 7) is 0.181. The van der Waals surface area contributed by atoms with Crippen molar-refractivity contribution >= 4 is 38.8 Å². The predicted octanol–water partition coefficient (Wildman–Crippen LogP) is 3.24.